The van der Waals surface area contributed by atoms with Crippen molar-refractivity contribution < 1.29 is 9.21 Å². The van der Waals surface area contributed by atoms with Crippen LogP contribution in [0.3, 0.4) is 0 Å². The number of thiophene rings is 1. The van der Waals surface area contributed by atoms with Gasteiger partial charge in [-0.15, -0.1) is 11.3 Å². The van der Waals surface area contributed by atoms with Gasteiger partial charge in [0.2, 0.25) is 0 Å². The molecule has 5 rings (SSSR count). The molecule has 0 spiro atoms. The highest BCUT2D eigenvalue weighted by Crippen LogP contribution is 2.37. The highest BCUT2D eigenvalue weighted by atomic mass is 35.5. The molecule has 0 aliphatic heterocycles. The molecule has 0 atom stereocenters. The van der Waals surface area contributed by atoms with Crippen LogP contribution in [0.2, 0.25) is 5.02 Å². The summed E-state index contributed by atoms with van der Waals surface area (Å²) in [6, 6.07) is 15.2. The van der Waals surface area contributed by atoms with Crippen LogP contribution < -0.4 is 16.3 Å². The average Bonchev–Trinajstić information content (AvgIpc) is 3.13. The number of amides is 1. The standard InChI is InChI=1S/C24H21ClN2O3S/c25-19-16-11-5-7-13-18(16)31-22(19)23(28)27-21-20(26-14-8-2-1-3-9-14)15-10-4-6-12-17(15)30-24(21)29/h4-7,10-14,26H,1-3,8-9H2,(H,27,28). The maximum Gasteiger partial charge on any atom is 0.362 e. The highest BCUT2D eigenvalue weighted by Gasteiger charge is 2.23. The molecule has 0 bridgehead atoms. The summed E-state index contributed by atoms with van der Waals surface area (Å²) in [6.07, 6.45) is 5.59. The largest absolute Gasteiger partial charge is 0.421 e. The van der Waals surface area contributed by atoms with Gasteiger partial charge in [0, 0.05) is 21.5 Å². The van der Waals surface area contributed by atoms with E-state index in [1.165, 1.54) is 17.8 Å². The molecule has 1 saturated carbocycles. The lowest BCUT2D eigenvalue weighted by Crippen LogP contribution is -2.26. The maximum atomic E-state index is 13.1. The maximum absolute atomic E-state index is 13.1. The van der Waals surface area contributed by atoms with E-state index in [0.717, 1.165) is 41.2 Å². The number of fused-ring (bicyclic) bond motifs is 2. The Hall–Kier alpha value is -2.83. The second-order valence-corrected chi connectivity index (χ2v) is 9.24. The van der Waals surface area contributed by atoms with E-state index in [4.69, 9.17) is 16.0 Å². The molecule has 31 heavy (non-hydrogen) atoms. The van der Waals surface area contributed by atoms with Crippen molar-refractivity contribution in [1.82, 2.24) is 0 Å². The Balaban J connectivity index is 1.57. The molecule has 1 amide bonds. The van der Waals surface area contributed by atoms with Gasteiger partial charge in [-0.1, -0.05) is 61.2 Å². The summed E-state index contributed by atoms with van der Waals surface area (Å²) in [5.74, 6) is -0.416. The molecule has 1 aliphatic rings. The van der Waals surface area contributed by atoms with Crippen molar-refractivity contribution in [3.05, 3.63) is 68.9 Å². The first-order valence-corrected chi connectivity index (χ1v) is 11.6. The first-order valence-electron chi connectivity index (χ1n) is 10.4. The zero-order valence-corrected chi connectivity index (χ0v) is 18.3. The minimum absolute atomic E-state index is 0.128. The van der Waals surface area contributed by atoms with Crippen LogP contribution in [0.25, 0.3) is 21.1 Å². The van der Waals surface area contributed by atoms with Crippen molar-refractivity contribution in [1.29, 1.82) is 0 Å². The summed E-state index contributed by atoms with van der Waals surface area (Å²) in [7, 11) is 0. The number of para-hydroxylation sites is 1. The van der Waals surface area contributed by atoms with Gasteiger partial charge in [-0.05, 0) is 31.0 Å². The highest BCUT2D eigenvalue weighted by molar-refractivity contribution is 7.21. The van der Waals surface area contributed by atoms with E-state index < -0.39 is 11.5 Å². The molecule has 2 N–H and O–H groups in total. The van der Waals surface area contributed by atoms with Crippen molar-refractivity contribution in [3.63, 3.8) is 0 Å². The molecular formula is C24H21ClN2O3S. The predicted octanol–water partition coefficient (Wildman–Crippen LogP) is 6.66. The molecule has 0 saturated heterocycles. The van der Waals surface area contributed by atoms with E-state index in [2.05, 4.69) is 10.6 Å². The number of benzene rings is 2. The molecule has 2 heterocycles. The summed E-state index contributed by atoms with van der Waals surface area (Å²) >= 11 is 7.79. The van der Waals surface area contributed by atoms with E-state index in [1.54, 1.807) is 6.07 Å². The number of halogens is 1. The number of carbonyl (C=O) groups excluding carboxylic acids is 1. The number of hydrogen-bond acceptors (Lipinski definition) is 5. The van der Waals surface area contributed by atoms with Crippen LogP contribution in [0.1, 0.15) is 41.8 Å². The Kier molecular flexibility index (Phi) is 5.42. The number of anilines is 2. The van der Waals surface area contributed by atoms with Gasteiger partial charge in [0.05, 0.1) is 10.7 Å². The number of nitrogens with one attached hydrogen (secondary N) is 2. The van der Waals surface area contributed by atoms with Crippen molar-refractivity contribution in [2.45, 2.75) is 38.1 Å². The summed E-state index contributed by atoms with van der Waals surface area (Å²) in [4.78, 5) is 26.4. The first-order chi connectivity index (χ1) is 15.1. The Morgan fingerprint density at radius 3 is 2.45 bits per heavy atom. The molecule has 2 aromatic carbocycles. The fourth-order valence-electron chi connectivity index (χ4n) is 4.19. The van der Waals surface area contributed by atoms with Gasteiger partial charge in [-0.3, -0.25) is 4.79 Å². The van der Waals surface area contributed by atoms with Crippen LogP contribution in [0.4, 0.5) is 11.4 Å². The molecule has 158 valence electrons. The lowest BCUT2D eigenvalue weighted by atomic mass is 9.95. The Bertz CT molecular complexity index is 1340. The van der Waals surface area contributed by atoms with E-state index in [0.29, 0.717) is 21.2 Å². The van der Waals surface area contributed by atoms with Crippen LogP contribution in [0.5, 0.6) is 0 Å². The fourth-order valence-corrected chi connectivity index (χ4v) is 5.61. The SMILES string of the molecule is O=C(Nc1c(NC2CCCCC2)c2ccccc2oc1=O)c1sc2ccccc2c1Cl. The summed E-state index contributed by atoms with van der Waals surface area (Å²) < 4.78 is 6.43. The number of carbonyl (C=O) groups is 1. The zero-order valence-electron chi connectivity index (χ0n) is 16.7. The fraction of sp³-hybridized carbons (Fsp3) is 0.250. The predicted molar refractivity (Wildman–Crippen MR) is 128 cm³/mol. The molecule has 1 fully saturated rings. The molecule has 5 nitrogen and oxygen atoms in total. The minimum atomic E-state index is -0.581. The lowest BCUT2D eigenvalue weighted by molar-refractivity contribution is 0.103. The van der Waals surface area contributed by atoms with Gasteiger partial charge < -0.3 is 15.1 Å². The number of hydrogen-bond donors (Lipinski definition) is 2. The Morgan fingerprint density at radius 2 is 1.68 bits per heavy atom. The van der Waals surface area contributed by atoms with Crippen molar-refractivity contribution in [2.24, 2.45) is 0 Å². The Morgan fingerprint density at radius 1 is 0.968 bits per heavy atom. The minimum Gasteiger partial charge on any atom is -0.421 e. The smallest absolute Gasteiger partial charge is 0.362 e. The summed E-state index contributed by atoms with van der Waals surface area (Å²) in [6.45, 7) is 0. The van der Waals surface area contributed by atoms with Crippen LogP contribution in [0, 0.1) is 0 Å². The van der Waals surface area contributed by atoms with Gasteiger partial charge in [0.15, 0.2) is 5.69 Å². The third-order valence-corrected chi connectivity index (χ3v) is 7.42. The van der Waals surface area contributed by atoms with Crippen LogP contribution in [-0.4, -0.2) is 11.9 Å². The van der Waals surface area contributed by atoms with E-state index >= 15 is 0 Å². The molecule has 0 unspecified atom stereocenters. The lowest BCUT2D eigenvalue weighted by Gasteiger charge is -2.25. The second-order valence-electron chi connectivity index (χ2n) is 7.81. The molecule has 2 aromatic heterocycles. The third-order valence-electron chi connectivity index (χ3n) is 5.75. The molecule has 0 radical (unpaired) electrons. The zero-order chi connectivity index (χ0) is 21.4. The van der Waals surface area contributed by atoms with Gasteiger partial charge in [-0.2, -0.15) is 0 Å². The topological polar surface area (TPSA) is 71.3 Å². The average molecular weight is 453 g/mol. The summed E-state index contributed by atoms with van der Waals surface area (Å²) in [5, 5.41) is 8.31. The van der Waals surface area contributed by atoms with Crippen molar-refractivity contribution >= 4 is 61.3 Å². The van der Waals surface area contributed by atoms with Crippen LogP contribution in [-0.2, 0) is 0 Å². The van der Waals surface area contributed by atoms with Gasteiger partial charge >= 0.3 is 5.63 Å². The van der Waals surface area contributed by atoms with Gasteiger partial charge in [0.25, 0.3) is 5.91 Å². The van der Waals surface area contributed by atoms with Gasteiger partial charge in [0.1, 0.15) is 10.5 Å². The van der Waals surface area contributed by atoms with E-state index in [9.17, 15) is 9.59 Å². The normalized spacial score (nSPS) is 14.7. The van der Waals surface area contributed by atoms with Crippen molar-refractivity contribution in [3.8, 4) is 0 Å². The van der Waals surface area contributed by atoms with E-state index in [-0.39, 0.29) is 11.7 Å². The number of rotatable bonds is 4. The van der Waals surface area contributed by atoms with Crippen molar-refractivity contribution in [2.75, 3.05) is 10.6 Å². The molecular weight excluding hydrogens is 432 g/mol. The summed E-state index contributed by atoms with van der Waals surface area (Å²) in [5.41, 5.74) is 0.651. The molecule has 7 heteroatoms. The van der Waals surface area contributed by atoms with Crippen LogP contribution >= 0.6 is 22.9 Å². The van der Waals surface area contributed by atoms with E-state index in [1.807, 2.05) is 42.5 Å². The quantitative estimate of drug-likeness (QED) is 0.340. The first kappa shape index (κ1) is 20.1. The third kappa shape index (κ3) is 3.82. The molecule has 1 aliphatic carbocycles. The Labute approximate surface area is 188 Å². The van der Waals surface area contributed by atoms with Crippen LogP contribution in [0.15, 0.2) is 57.7 Å². The van der Waals surface area contributed by atoms with Gasteiger partial charge in [-0.25, -0.2) is 4.79 Å². The molecule has 4 aromatic rings. The second kappa shape index (κ2) is 8.36. The monoisotopic (exact) mass is 452 g/mol.